The van der Waals surface area contributed by atoms with Crippen LogP contribution in [0.2, 0.25) is 0 Å². The summed E-state index contributed by atoms with van der Waals surface area (Å²) in [6.45, 7) is 11.3. The summed E-state index contributed by atoms with van der Waals surface area (Å²) >= 11 is 0. The van der Waals surface area contributed by atoms with Crippen LogP contribution in [0, 0.1) is 10.8 Å². The molecule has 0 bridgehead atoms. The van der Waals surface area contributed by atoms with Gasteiger partial charge >= 0.3 is 0 Å². The quantitative estimate of drug-likeness (QED) is 0.331. The SMILES string of the molecule is CC(C)(C)C(=O)c1ccc(CC(=O)COCCOCC(=O)Nc2ccc(C(=O)C(C)(C)C)cc2)cc1. The van der Waals surface area contributed by atoms with Crippen LogP contribution in [-0.2, 0) is 25.5 Å². The van der Waals surface area contributed by atoms with Gasteiger partial charge in [0, 0.05) is 34.1 Å². The highest BCUT2D eigenvalue weighted by Crippen LogP contribution is 2.22. The molecule has 1 amide bonds. The van der Waals surface area contributed by atoms with Gasteiger partial charge in [0.15, 0.2) is 17.3 Å². The van der Waals surface area contributed by atoms with Crippen molar-refractivity contribution < 1.29 is 28.7 Å². The summed E-state index contributed by atoms with van der Waals surface area (Å²) in [6, 6.07) is 13.8. The van der Waals surface area contributed by atoms with Crippen LogP contribution in [0.1, 0.15) is 67.8 Å². The molecule has 7 heteroatoms. The largest absolute Gasteiger partial charge is 0.371 e. The van der Waals surface area contributed by atoms with E-state index in [9.17, 15) is 19.2 Å². The number of carbonyl (C=O) groups is 4. The van der Waals surface area contributed by atoms with E-state index < -0.39 is 10.8 Å². The van der Waals surface area contributed by atoms with Crippen molar-refractivity contribution in [3.63, 3.8) is 0 Å². The smallest absolute Gasteiger partial charge is 0.250 e. The molecule has 0 aromatic heterocycles. The number of nitrogens with one attached hydrogen (secondary N) is 1. The van der Waals surface area contributed by atoms with Gasteiger partial charge in [0.2, 0.25) is 5.91 Å². The predicted octanol–water partition coefficient (Wildman–Crippen LogP) is 4.93. The highest BCUT2D eigenvalue weighted by atomic mass is 16.5. The lowest BCUT2D eigenvalue weighted by atomic mass is 9.86. The standard InChI is InChI=1S/C29H37NO6/c1-28(2,3)26(33)21-9-7-20(8-10-21)17-24(31)18-35-15-16-36-19-25(32)30-23-13-11-22(12-14-23)27(34)29(4,5)6/h7-14H,15-19H2,1-6H3,(H,30,32). The maximum absolute atomic E-state index is 12.3. The zero-order valence-electron chi connectivity index (χ0n) is 22.1. The van der Waals surface area contributed by atoms with E-state index in [1.807, 2.05) is 41.5 Å². The molecule has 0 radical (unpaired) electrons. The van der Waals surface area contributed by atoms with E-state index >= 15 is 0 Å². The van der Waals surface area contributed by atoms with E-state index in [2.05, 4.69) is 5.32 Å². The minimum atomic E-state index is -0.468. The van der Waals surface area contributed by atoms with Gasteiger partial charge in [0.05, 0.1) is 13.2 Å². The Morgan fingerprint density at radius 3 is 1.58 bits per heavy atom. The van der Waals surface area contributed by atoms with E-state index in [1.54, 1.807) is 48.5 Å². The van der Waals surface area contributed by atoms with Gasteiger partial charge in [-0.1, -0.05) is 65.8 Å². The van der Waals surface area contributed by atoms with E-state index in [0.717, 1.165) is 5.56 Å². The lowest BCUT2D eigenvalue weighted by molar-refractivity contribution is -0.125. The van der Waals surface area contributed by atoms with Crippen LogP contribution in [0.25, 0.3) is 0 Å². The average molecular weight is 496 g/mol. The third kappa shape index (κ3) is 9.47. The first-order valence-electron chi connectivity index (χ1n) is 12.0. The Morgan fingerprint density at radius 1 is 0.667 bits per heavy atom. The maximum Gasteiger partial charge on any atom is 0.250 e. The first-order chi connectivity index (χ1) is 16.8. The Hall–Kier alpha value is -3.16. The second kappa shape index (κ2) is 12.7. The molecule has 2 rings (SSSR count). The van der Waals surface area contributed by atoms with E-state index in [0.29, 0.717) is 16.8 Å². The van der Waals surface area contributed by atoms with Crippen molar-refractivity contribution in [2.24, 2.45) is 10.8 Å². The van der Waals surface area contributed by atoms with Crippen LogP contribution in [0.4, 0.5) is 5.69 Å². The Kier molecular flexibility index (Phi) is 10.3. The van der Waals surface area contributed by atoms with Crippen molar-refractivity contribution in [1.82, 2.24) is 0 Å². The van der Waals surface area contributed by atoms with Gasteiger partial charge < -0.3 is 14.8 Å². The normalized spacial score (nSPS) is 11.7. The van der Waals surface area contributed by atoms with Gasteiger partial charge in [-0.3, -0.25) is 19.2 Å². The molecule has 0 fully saturated rings. The molecule has 0 atom stereocenters. The topological polar surface area (TPSA) is 98.8 Å². The molecule has 0 saturated carbocycles. The highest BCUT2D eigenvalue weighted by Gasteiger charge is 2.23. The van der Waals surface area contributed by atoms with Crippen molar-refractivity contribution in [3.05, 3.63) is 65.2 Å². The van der Waals surface area contributed by atoms with Crippen molar-refractivity contribution in [1.29, 1.82) is 0 Å². The predicted molar refractivity (Wildman–Crippen MR) is 139 cm³/mol. The van der Waals surface area contributed by atoms with Crippen LogP contribution >= 0.6 is 0 Å². The second-order valence-corrected chi connectivity index (χ2v) is 10.8. The summed E-state index contributed by atoms with van der Waals surface area (Å²) in [7, 11) is 0. The fourth-order valence-electron chi connectivity index (χ4n) is 3.29. The number of ether oxygens (including phenoxy) is 2. The Labute approximate surface area is 213 Å². The summed E-state index contributed by atoms with van der Waals surface area (Å²) < 4.78 is 10.6. The van der Waals surface area contributed by atoms with Gasteiger partial charge in [-0.25, -0.2) is 0 Å². The molecule has 36 heavy (non-hydrogen) atoms. The fraction of sp³-hybridized carbons (Fsp3) is 0.448. The van der Waals surface area contributed by atoms with E-state index in [4.69, 9.17) is 9.47 Å². The molecule has 0 saturated heterocycles. The van der Waals surface area contributed by atoms with Crippen molar-refractivity contribution in [3.8, 4) is 0 Å². The fourth-order valence-corrected chi connectivity index (χ4v) is 3.29. The summed E-state index contributed by atoms with van der Waals surface area (Å²) in [6.07, 6.45) is 0.216. The molecule has 2 aromatic carbocycles. The molecule has 0 unspecified atom stereocenters. The molecule has 2 aromatic rings. The van der Waals surface area contributed by atoms with Crippen LogP contribution in [0.15, 0.2) is 48.5 Å². The molecule has 1 N–H and O–H groups in total. The average Bonchev–Trinajstić information content (AvgIpc) is 2.80. The number of amides is 1. The molecule has 7 nitrogen and oxygen atoms in total. The number of carbonyl (C=O) groups excluding carboxylic acids is 4. The zero-order chi connectivity index (χ0) is 26.9. The Bertz CT molecular complexity index is 969. The molecule has 0 heterocycles. The molecule has 0 spiro atoms. The van der Waals surface area contributed by atoms with Crippen molar-refractivity contribution in [2.75, 3.05) is 31.7 Å². The number of ketones is 3. The number of rotatable bonds is 12. The third-order valence-electron chi connectivity index (χ3n) is 5.28. The Morgan fingerprint density at radius 2 is 1.11 bits per heavy atom. The van der Waals surface area contributed by atoms with Gasteiger partial charge in [0.25, 0.3) is 0 Å². The summed E-state index contributed by atoms with van der Waals surface area (Å²) in [5, 5.41) is 2.71. The van der Waals surface area contributed by atoms with Gasteiger partial charge in [-0.05, 0) is 29.8 Å². The van der Waals surface area contributed by atoms with E-state index in [1.165, 1.54) is 0 Å². The van der Waals surface area contributed by atoms with Crippen LogP contribution in [0.3, 0.4) is 0 Å². The van der Waals surface area contributed by atoms with Gasteiger partial charge in [0.1, 0.15) is 13.2 Å². The summed E-state index contributed by atoms with van der Waals surface area (Å²) in [5.41, 5.74) is 1.70. The number of Topliss-reactive ketones (excluding diaryl/α,β-unsaturated/α-hetero) is 3. The van der Waals surface area contributed by atoms with Gasteiger partial charge in [-0.2, -0.15) is 0 Å². The molecular weight excluding hydrogens is 458 g/mol. The highest BCUT2D eigenvalue weighted by molar-refractivity contribution is 6.01. The first kappa shape index (κ1) is 29.1. The first-order valence-corrected chi connectivity index (χ1v) is 12.0. The Balaban J connectivity index is 1.63. The van der Waals surface area contributed by atoms with Crippen LogP contribution in [-0.4, -0.2) is 49.7 Å². The number of anilines is 1. The van der Waals surface area contributed by atoms with Crippen molar-refractivity contribution >= 4 is 28.9 Å². The molecule has 0 aliphatic carbocycles. The minimum absolute atomic E-state index is 0.0349. The minimum Gasteiger partial charge on any atom is -0.371 e. The summed E-state index contributed by atoms with van der Waals surface area (Å²) in [4.78, 5) is 48.7. The maximum atomic E-state index is 12.3. The third-order valence-corrected chi connectivity index (χ3v) is 5.28. The molecular formula is C29H37NO6. The molecule has 0 aliphatic rings. The van der Waals surface area contributed by atoms with Crippen LogP contribution < -0.4 is 5.32 Å². The lowest BCUT2D eigenvalue weighted by Crippen LogP contribution is -2.21. The number of hydrogen-bond donors (Lipinski definition) is 1. The van der Waals surface area contributed by atoms with E-state index in [-0.39, 0.29) is 56.1 Å². The summed E-state index contributed by atoms with van der Waals surface area (Å²) in [5.74, 6) is -0.319. The second-order valence-electron chi connectivity index (χ2n) is 10.8. The lowest BCUT2D eigenvalue weighted by Gasteiger charge is -2.16. The molecule has 0 aliphatic heterocycles. The zero-order valence-corrected chi connectivity index (χ0v) is 22.1. The van der Waals surface area contributed by atoms with Crippen LogP contribution in [0.5, 0.6) is 0 Å². The van der Waals surface area contributed by atoms with Gasteiger partial charge in [-0.15, -0.1) is 0 Å². The number of benzene rings is 2. The van der Waals surface area contributed by atoms with Crippen molar-refractivity contribution in [2.45, 2.75) is 48.0 Å². The number of hydrogen-bond acceptors (Lipinski definition) is 6. The molecule has 194 valence electrons. The monoisotopic (exact) mass is 495 g/mol.